The highest BCUT2D eigenvalue weighted by Crippen LogP contribution is 2.42. The highest BCUT2D eigenvalue weighted by Gasteiger charge is 2.33. The predicted molar refractivity (Wildman–Crippen MR) is 153 cm³/mol. The minimum atomic E-state index is -0.192. The number of benzene rings is 1. The van der Waals surface area contributed by atoms with E-state index < -0.39 is 0 Å². The highest BCUT2D eigenvalue weighted by molar-refractivity contribution is 6.35. The van der Waals surface area contributed by atoms with Gasteiger partial charge in [0.2, 0.25) is 0 Å². The summed E-state index contributed by atoms with van der Waals surface area (Å²) in [6.07, 6.45) is 7.35. The molecule has 0 saturated carbocycles. The summed E-state index contributed by atoms with van der Waals surface area (Å²) in [6.45, 7) is 7.70. The van der Waals surface area contributed by atoms with Crippen LogP contribution in [0, 0.1) is 13.8 Å². The SMILES string of the molecule is Cc1cc(C)c(CN2CCc3c(-c4cnn(C5CCN(C)CC5)c4)cc(OC4CCOC4)c(Cl)c3C2=O)c(=O)[nH]1. The van der Waals surface area contributed by atoms with Crippen LogP contribution in [-0.4, -0.2) is 76.5 Å². The molecule has 3 aliphatic heterocycles. The second kappa shape index (κ2) is 11.0. The number of H-pyrrole nitrogens is 1. The maximum atomic E-state index is 14.0. The van der Waals surface area contributed by atoms with Crippen molar-refractivity contribution in [2.24, 2.45) is 0 Å². The van der Waals surface area contributed by atoms with Crippen LogP contribution in [0.1, 0.15) is 58.0 Å². The fraction of sp³-hybridized carbons (Fsp3) is 0.500. The van der Waals surface area contributed by atoms with E-state index in [1.54, 1.807) is 4.90 Å². The van der Waals surface area contributed by atoms with E-state index in [9.17, 15) is 9.59 Å². The van der Waals surface area contributed by atoms with Gasteiger partial charge in [0.15, 0.2) is 0 Å². The van der Waals surface area contributed by atoms with E-state index in [4.69, 9.17) is 26.2 Å². The number of aryl methyl sites for hydroxylation is 2. The van der Waals surface area contributed by atoms with Gasteiger partial charge in [0, 0.05) is 36.0 Å². The molecule has 1 N–H and O–H groups in total. The summed E-state index contributed by atoms with van der Waals surface area (Å²) in [5.74, 6) is 0.292. The van der Waals surface area contributed by atoms with Gasteiger partial charge in [0.25, 0.3) is 11.5 Å². The maximum Gasteiger partial charge on any atom is 0.256 e. The standard InChI is InChI=1S/C30H36ClN5O4/c1-18-12-19(2)33-29(37)25(18)16-35-10-6-23-24(20-14-32-36(15-20)21-4-8-34(3)9-5-21)13-26(28(31)27(23)30(35)38)40-22-7-11-39-17-22/h12-15,21-22H,4-11,16-17H2,1-3H3,(H,33,37). The molecule has 6 rings (SSSR count). The monoisotopic (exact) mass is 565 g/mol. The second-order valence-electron chi connectivity index (χ2n) is 11.4. The van der Waals surface area contributed by atoms with Crippen molar-refractivity contribution in [1.82, 2.24) is 24.6 Å². The number of nitrogens with one attached hydrogen (secondary N) is 1. The van der Waals surface area contributed by atoms with E-state index >= 15 is 0 Å². The zero-order valence-electron chi connectivity index (χ0n) is 23.3. The zero-order chi connectivity index (χ0) is 28.0. The van der Waals surface area contributed by atoms with Crippen LogP contribution in [0.3, 0.4) is 0 Å². The third-order valence-electron chi connectivity index (χ3n) is 8.47. The largest absolute Gasteiger partial charge is 0.486 e. The Morgan fingerprint density at radius 1 is 1.15 bits per heavy atom. The van der Waals surface area contributed by atoms with E-state index in [-0.39, 0.29) is 24.1 Å². The number of fused-ring (bicyclic) bond motifs is 1. The van der Waals surface area contributed by atoms with Crippen molar-refractivity contribution < 1.29 is 14.3 Å². The Morgan fingerprint density at radius 2 is 1.95 bits per heavy atom. The van der Waals surface area contributed by atoms with Crippen LogP contribution in [0.4, 0.5) is 0 Å². The molecule has 212 valence electrons. The molecule has 0 bridgehead atoms. The molecule has 3 aromatic rings. The molecule has 1 amide bonds. The molecule has 3 aliphatic rings. The molecule has 5 heterocycles. The topological polar surface area (TPSA) is 92.7 Å². The lowest BCUT2D eigenvalue weighted by molar-refractivity contribution is 0.0725. The second-order valence-corrected chi connectivity index (χ2v) is 11.7. The van der Waals surface area contributed by atoms with Crippen molar-refractivity contribution >= 4 is 17.5 Å². The molecule has 1 aromatic carbocycles. The third-order valence-corrected chi connectivity index (χ3v) is 8.85. The average Bonchev–Trinajstić information content (AvgIpc) is 3.62. The van der Waals surface area contributed by atoms with Crippen LogP contribution in [0.5, 0.6) is 5.75 Å². The van der Waals surface area contributed by atoms with Crippen LogP contribution in [-0.2, 0) is 17.7 Å². The summed E-state index contributed by atoms with van der Waals surface area (Å²) >= 11 is 6.94. The number of likely N-dealkylation sites (tertiary alicyclic amines) is 1. The Labute approximate surface area is 239 Å². The number of pyridine rings is 1. The molecular formula is C30H36ClN5O4. The quantitative estimate of drug-likeness (QED) is 0.483. The Hall–Kier alpha value is -3.14. The van der Waals surface area contributed by atoms with Gasteiger partial charge in [-0.3, -0.25) is 14.3 Å². The summed E-state index contributed by atoms with van der Waals surface area (Å²) < 4.78 is 13.9. The van der Waals surface area contributed by atoms with Gasteiger partial charge in [-0.05, 0) is 82.1 Å². The molecule has 0 aliphatic carbocycles. The number of hydrogen-bond donors (Lipinski definition) is 1. The first-order chi connectivity index (χ1) is 19.3. The molecule has 0 spiro atoms. The summed E-state index contributed by atoms with van der Waals surface area (Å²) in [6, 6.07) is 4.25. The van der Waals surface area contributed by atoms with E-state index in [2.05, 4.69) is 27.8 Å². The average molecular weight is 566 g/mol. The minimum absolute atomic E-state index is 0.117. The molecule has 1 unspecified atom stereocenters. The number of rotatable bonds is 6. The van der Waals surface area contributed by atoms with Gasteiger partial charge in [0.05, 0.1) is 42.6 Å². The summed E-state index contributed by atoms with van der Waals surface area (Å²) in [7, 11) is 2.15. The van der Waals surface area contributed by atoms with Gasteiger partial charge in [0.1, 0.15) is 11.9 Å². The Balaban J connectivity index is 1.37. The van der Waals surface area contributed by atoms with Gasteiger partial charge in [-0.1, -0.05) is 11.6 Å². The van der Waals surface area contributed by atoms with Crippen molar-refractivity contribution in [3.63, 3.8) is 0 Å². The summed E-state index contributed by atoms with van der Waals surface area (Å²) in [5, 5.41) is 5.05. The van der Waals surface area contributed by atoms with Crippen LogP contribution in [0.25, 0.3) is 11.1 Å². The van der Waals surface area contributed by atoms with E-state index in [0.29, 0.717) is 54.1 Å². The van der Waals surface area contributed by atoms with Crippen molar-refractivity contribution in [2.75, 3.05) is 39.9 Å². The van der Waals surface area contributed by atoms with E-state index in [1.807, 2.05) is 32.2 Å². The smallest absolute Gasteiger partial charge is 0.256 e. The Kier molecular flexibility index (Phi) is 7.46. The number of halogens is 1. The number of aromatic amines is 1. The van der Waals surface area contributed by atoms with Crippen LogP contribution >= 0.6 is 11.6 Å². The first-order valence-electron chi connectivity index (χ1n) is 14.1. The van der Waals surface area contributed by atoms with Crippen LogP contribution in [0.15, 0.2) is 29.3 Å². The van der Waals surface area contributed by atoms with E-state index in [1.165, 1.54) is 0 Å². The van der Waals surface area contributed by atoms with Crippen LogP contribution < -0.4 is 10.3 Å². The molecule has 0 radical (unpaired) electrons. The fourth-order valence-corrected chi connectivity index (χ4v) is 6.44. The zero-order valence-corrected chi connectivity index (χ0v) is 24.1. The van der Waals surface area contributed by atoms with Gasteiger partial charge >= 0.3 is 0 Å². The fourth-order valence-electron chi connectivity index (χ4n) is 6.15. The number of aromatic nitrogens is 3. The van der Waals surface area contributed by atoms with Crippen molar-refractivity contribution in [3.05, 3.63) is 67.9 Å². The molecule has 9 nitrogen and oxygen atoms in total. The lowest BCUT2D eigenvalue weighted by Crippen LogP contribution is -2.39. The summed E-state index contributed by atoms with van der Waals surface area (Å²) in [5.41, 5.74) is 5.32. The summed E-state index contributed by atoms with van der Waals surface area (Å²) in [4.78, 5) is 33.7. The van der Waals surface area contributed by atoms with Gasteiger partial charge in [-0.15, -0.1) is 0 Å². The highest BCUT2D eigenvalue weighted by atomic mass is 35.5. The molecule has 2 saturated heterocycles. The van der Waals surface area contributed by atoms with Crippen LogP contribution in [0.2, 0.25) is 5.02 Å². The first kappa shape index (κ1) is 27.1. The number of hydrogen-bond acceptors (Lipinski definition) is 6. The number of amides is 1. The molecule has 2 aromatic heterocycles. The van der Waals surface area contributed by atoms with Crippen molar-refractivity contribution in [3.8, 4) is 16.9 Å². The minimum Gasteiger partial charge on any atom is -0.486 e. The molecule has 1 atom stereocenters. The molecule has 2 fully saturated rings. The van der Waals surface area contributed by atoms with Gasteiger partial charge in [-0.2, -0.15) is 5.10 Å². The first-order valence-corrected chi connectivity index (χ1v) is 14.5. The third kappa shape index (κ3) is 5.18. The van der Waals surface area contributed by atoms with Crippen molar-refractivity contribution in [1.29, 1.82) is 0 Å². The maximum absolute atomic E-state index is 14.0. The Morgan fingerprint density at radius 3 is 2.67 bits per heavy atom. The molecular weight excluding hydrogens is 530 g/mol. The van der Waals surface area contributed by atoms with Gasteiger partial charge in [-0.25, -0.2) is 0 Å². The number of piperidine rings is 1. The number of carbonyl (C=O) groups excluding carboxylic acids is 1. The normalized spacial score (nSPS) is 20.2. The lowest BCUT2D eigenvalue weighted by atomic mass is 9.90. The number of nitrogens with zero attached hydrogens (tertiary/aromatic N) is 4. The Bertz CT molecular complexity index is 1480. The molecule has 10 heteroatoms. The number of ether oxygens (including phenoxy) is 2. The predicted octanol–water partition coefficient (Wildman–Crippen LogP) is 4.14. The van der Waals surface area contributed by atoms with Gasteiger partial charge < -0.3 is 24.3 Å². The molecule has 40 heavy (non-hydrogen) atoms. The van der Waals surface area contributed by atoms with E-state index in [0.717, 1.165) is 60.3 Å². The number of carbonyl (C=O) groups is 1. The van der Waals surface area contributed by atoms with Crippen molar-refractivity contribution in [2.45, 2.75) is 58.2 Å². The lowest BCUT2D eigenvalue weighted by Gasteiger charge is -2.31.